The number of hydrogen-bond donors (Lipinski definition) is 4. The van der Waals surface area contributed by atoms with Crippen molar-refractivity contribution in [3.63, 3.8) is 0 Å². The van der Waals surface area contributed by atoms with Crippen LogP contribution in [0.3, 0.4) is 0 Å². The number of amides is 2. The summed E-state index contributed by atoms with van der Waals surface area (Å²) in [6.45, 7) is 0.242. The molecule has 2 aromatic carbocycles. The predicted octanol–water partition coefficient (Wildman–Crippen LogP) is 4.70. The van der Waals surface area contributed by atoms with Crippen LogP contribution in [0.15, 0.2) is 48.7 Å². The van der Waals surface area contributed by atoms with Crippen molar-refractivity contribution in [2.75, 3.05) is 18.4 Å². The van der Waals surface area contributed by atoms with Gasteiger partial charge in [-0.2, -0.15) is 13.2 Å². The molecule has 0 bridgehead atoms. The minimum atomic E-state index is -4.65. The van der Waals surface area contributed by atoms with Crippen LogP contribution < -0.4 is 20.7 Å². The molecule has 42 heavy (non-hydrogen) atoms. The van der Waals surface area contributed by atoms with E-state index in [1.807, 2.05) is 18.2 Å². The number of carbonyl (C=O) groups is 2. The number of aliphatic hydroxyl groups is 1. The van der Waals surface area contributed by atoms with Crippen molar-refractivity contribution in [1.29, 1.82) is 0 Å². The van der Waals surface area contributed by atoms with E-state index >= 15 is 0 Å². The van der Waals surface area contributed by atoms with Crippen LogP contribution in [0, 0.1) is 0 Å². The summed E-state index contributed by atoms with van der Waals surface area (Å²) in [5, 5.41) is 19.1. The molecule has 13 heteroatoms. The molecule has 3 aliphatic rings. The van der Waals surface area contributed by atoms with E-state index < -0.39 is 23.2 Å². The van der Waals surface area contributed by atoms with E-state index in [4.69, 9.17) is 4.74 Å². The Bertz CT molecular complexity index is 1510. The molecule has 1 atom stereocenters. The highest BCUT2D eigenvalue weighted by molar-refractivity contribution is 5.95. The van der Waals surface area contributed by atoms with Crippen molar-refractivity contribution < 1.29 is 32.6 Å². The molecule has 0 unspecified atom stereocenters. The highest BCUT2D eigenvalue weighted by atomic mass is 35.5. The summed E-state index contributed by atoms with van der Waals surface area (Å²) < 4.78 is 46.9. The van der Waals surface area contributed by atoms with Crippen molar-refractivity contribution >= 4 is 42.4 Å². The van der Waals surface area contributed by atoms with Gasteiger partial charge in [0.25, 0.3) is 5.91 Å². The van der Waals surface area contributed by atoms with E-state index in [1.54, 1.807) is 12.3 Å². The zero-order valence-corrected chi connectivity index (χ0v) is 23.8. The molecule has 1 aromatic heterocycles. The smallest absolute Gasteiger partial charge is 0.416 e. The van der Waals surface area contributed by atoms with Crippen molar-refractivity contribution in [3.05, 3.63) is 82.0 Å². The van der Waals surface area contributed by atoms with E-state index in [2.05, 4.69) is 20.9 Å². The average Bonchev–Trinajstić information content (AvgIpc) is 2.90. The van der Waals surface area contributed by atoms with Crippen molar-refractivity contribution in [3.8, 4) is 11.5 Å². The first-order valence-electron chi connectivity index (χ1n) is 13.1. The summed E-state index contributed by atoms with van der Waals surface area (Å²) in [5.41, 5.74) is 0.447. The second kappa shape index (κ2) is 12.1. The number of nitrogens with one attached hydrogen (secondary N) is 3. The first kappa shape index (κ1) is 31.6. The Balaban J connectivity index is 0.00000202. The number of β-amino-alcohol motifs (C(OH)–C–C–N with tert-alkyl or cyclic N) is 1. The Morgan fingerprint density at radius 2 is 1.83 bits per heavy atom. The SMILES string of the molecule is Cl.Cl.O=C1CCc2c(Oc3ccc4c(c3)C[C@H](NC(=O)c3cc(C(F)(F)F)cc(C5(O)CNC5)c3)CC4)ccnc2N1. The molecule has 224 valence electrons. The van der Waals surface area contributed by atoms with Crippen LogP contribution in [0.1, 0.15) is 51.0 Å². The van der Waals surface area contributed by atoms with Crippen LogP contribution in [-0.2, 0) is 35.8 Å². The number of halogens is 5. The molecule has 4 N–H and O–H groups in total. The Hall–Kier alpha value is -3.38. The number of rotatable bonds is 5. The van der Waals surface area contributed by atoms with E-state index in [9.17, 15) is 27.9 Å². The topological polar surface area (TPSA) is 113 Å². The summed E-state index contributed by atoms with van der Waals surface area (Å²) >= 11 is 0. The minimum absolute atomic E-state index is 0. The van der Waals surface area contributed by atoms with Gasteiger partial charge in [-0.05, 0) is 78.8 Å². The molecule has 3 heterocycles. The third-order valence-electron chi connectivity index (χ3n) is 7.74. The van der Waals surface area contributed by atoms with Gasteiger partial charge < -0.3 is 25.8 Å². The van der Waals surface area contributed by atoms with Gasteiger partial charge in [0.15, 0.2) is 0 Å². The lowest BCUT2D eigenvalue weighted by atomic mass is 9.85. The molecule has 1 saturated heterocycles. The third kappa shape index (κ3) is 6.34. The van der Waals surface area contributed by atoms with Crippen LogP contribution in [-0.4, -0.2) is 41.0 Å². The van der Waals surface area contributed by atoms with E-state index in [1.165, 1.54) is 6.07 Å². The molecule has 0 radical (unpaired) electrons. The number of fused-ring (bicyclic) bond motifs is 2. The van der Waals surface area contributed by atoms with Crippen LogP contribution in [0.5, 0.6) is 11.5 Å². The fourth-order valence-corrected chi connectivity index (χ4v) is 5.43. The van der Waals surface area contributed by atoms with Crippen LogP contribution in [0.4, 0.5) is 19.0 Å². The number of carbonyl (C=O) groups excluding carboxylic acids is 2. The maximum Gasteiger partial charge on any atom is 0.416 e. The van der Waals surface area contributed by atoms with Crippen LogP contribution >= 0.6 is 24.8 Å². The Kier molecular flexibility index (Phi) is 9.08. The molecule has 6 rings (SSSR count). The molecule has 2 aliphatic heterocycles. The fourth-order valence-electron chi connectivity index (χ4n) is 5.43. The van der Waals surface area contributed by atoms with Gasteiger partial charge >= 0.3 is 6.18 Å². The largest absolute Gasteiger partial charge is 0.457 e. The number of hydrogen-bond acceptors (Lipinski definition) is 6. The zero-order valence-electron chi connectivity index (χ0n) is 22.2. The maximum absolute atomic E-state index is 13.6. The molecule has 0 saturated carbocycles. The van der Waals surface area contributed by atoms with Gasteiger partial charge in [-0.1, -0.05) is 6.07 Å². The molecule has 1 aliphatic carbocycles. The molecule has 2 amide bonds. The van der Waals surface area contributed by atoms with E-state index in [0.717, 1.165) is 28.8 Å². The van der Waals surface area contributed by atoms with Gasteiger partial charge in [-0.15, -0.1) is 24.8 Å². The summed E-state index contributed by atoms with van der Waals surface area (Å²) in [5.74, 6) is 0.994. The van der Waals surface area contributed by atoms with Gasteiger partial charge in [0, 0.05) is 42.9 Å². The average molecular weight is 625 g/mol. The number of aryl methyl sites for hydroxylation is 1. The lowest BCUT2D eigenvalue weighted by Gasteiger charge is -2.38. The second-order valence-corrected chi connectivity index (χ2v) is 10.6. The van der Waals surface area contributed by atoms with Crippen molar-refractivity contribution in [2.45, 2.75) is 49.9 Å². The Morgan fingerprint density at radius 1 is 1.05 bits per heavy atom. The molecular weight excluding hydrogens is 596 g/mol. The molecular formula is C29H29Cl2F3N4O4. The van der Waals surface area contributed by atoms with E-state index in [0.29, 0.717) is 49.4 Å². The number of ether oxygens (including phenoxy) is 1. The Morgan fingerprint density at radius 3 is 2.55 bits per heavy atom. The van der Waals surface area contributed by atoms with E-state index in [-0.39, 0.29) is 61.0 Å². The fraction of sp³-hybridized carbons (Fsp3) is 0.345. The second-order valence-electron chi connectivity index (χ2n) is 10.6. The summed E-state index contributed by atoms with van der Waals surface area (Å²) in [4.78, 5) is 29.0. The van der Waals surface area contributed by atoms with Gasteiger partial charge in [0.2, 0.25) is 5.91 Å². The number of benzene rings is 2. The zero-order chi connectivity index (χ0) is 28.1. The normalized spacial score (nSPS) is 18.6. The lowest BCUT2D eigenvalue weighted by Crippen LogP contribution is -2.56. The molecule has 0 spiro atoms. The van der Waals surface area contributed by atoms with Gasteiger partial charge in [-0.25, -0.2) is 4.98 Å². The monoisotopic (exact) mass is 624 g/mol. The van der Waals surface area contributed by atoms with Gasteiger partial charge in [0.1, 0.15) is 22.9 Å². The van der Waals surface area contributed by atoms with Gasteiger partial charge in [0.05, 0.1) is 5.56 Å². The first-order valence-corrected chi connectivity index (χ1v) is 13.1. The molecule has 1 fully saturated rings. The summed E-state index contributed by atoms with van der Waals surface area (Å²) in [6, 6.07) is 10.3. The number of anilines is 1. The lowest BCUT2D eigenvalue weighted by molar-refractivity contribution is -0.137. The first-order chi connectivity index (χ1) is 19.1. The minimum Gasteiger partial charge on any atom is -0.457 e. The number of nitrogens with zero attached hydrogens (tertiary/aromatic N) is 1. The predicted molar refractivity (Wildman–Crippen MR) is 154 cm³/mol. The van der Waals surface area contributed by atoms with Crippen molar-refractivity contribution in [2.24, 2.45) is 0 Å². The molecule has 8 nitrogen and oxygen atoms in total. The highest BCUT2D eigenvalue weighted by Crippen LogP contribution is 2.36. The summed E-state index contributed by atoms with van der Waals surface area (Å²) in [7, 11) is 0. The number of aromatic nitrogens is 1. The van der Waals surface area contributed by atoms with Crippen LogP contribution in [0.25, 0.3) is 0 Å². The third-order valence-corrected chi connectivity index (χ3v) is 7.74. The maximum atomic E-state index is 13.6. The van der Waals surface area contributed by atoms with Gasteiger partial charge in [-0.3, -0.25) is 9.59 Å². The molecule has 3 aromatic rings. The quantitative estimate of drug-likeness (QED) is 0.327. The number of alkyl halides is 3. The van der Waals surface area contributed by atoms with Crippen LogP contribution in [0.2, 0.25) is 0 Å². The summed E-state index contributed by atoms with van der Waals surface area (Å²) in [6.07, 6.45) is -0.394. The van der Waals surface area contributed by atoms with Crippen molar-refractivity contribution in [1.82, 2.24) is 15.6 Å². The standard InChI is InChI=1S/C29H27F3N4O4.2ClH/c30-29(31,32)20-10-18(9-19(13-20)28(39)14-33-15-28)27(38)35-21-3-1-16-2-4-22(12-17(16)11-21)40-24-7-8-34-26-23(24)5-6-25(37)36-26;;/h2,4,7-10,12-13,21,33,39H,1,3,5-6,11,14-15H2,(H,35,38)(H,34,36,37);2*1H/t21-;;/m1../s1. The Labute approximate surface area is 252 Å². The number of pyridine rings is 1. The highest BCUT2D eigenvalue weighted by Gasteiger charge is 2.40.